The van der Waals surface area contributed by atoms with Crippen LogP contribution in [0.15, 0.2) is 29.2 Å². The molecule has 1 saturated heterocycles. The molecule has 1 aromatic rings. The van der Waals surface area contributed by atoms with Crippen LogP contribution in [0.25, 0.3) is 0 Å². The van der Waals surface area contributed by atoms with E-state index in [1.54, 1.807) is 16.4 Å². The van der Waals surface area contributed by atoms with Gasteiger partial charge in [-0.1, -0.05) is 17.7 Å². The zero-order valence-electron chi connectivity index (χ0n) is 13.0. The van der Waals surface area contributed by atoms with E-state index < -0.39 is 10.0 Å². The summed E-state index contributed by atoms with van der Waals surface area (Å²) >= 11 is 0. The van der Waals surface area contributed by atoms with E-state index in [9.17, 15) is 8.42 Å². The number of benzene rings is 1. The monoisotopic (exact) mass is 344 g/mol. The van der Waals surface area contributed by atoms with E-state index in [1.165, 1.54) is 12.8 Å². The number of piperidine rings is 1. The molecule has 1 N–H and O–H groups in total. The molecule has 1 aliphatic heterocycles. The van der Waals surface area contributed by atoms with Crippen LogP contribution in [0.3, 0.4) is 0 Å². The van der Waals surface area contributed by atoms with Crippen LogP contribution in [0.4, 0.5) is 0 Å². The average Bonchev–Trinajstić information content (AvgIpc) is 3.30. The highest BCUT2D eigenvalue weighted by Gasteiger charge is 2.30. The van der Waals surface area contributed by atoms with Gasteiger partial charge in [-0.2, -0.15) is 4.31 Å². The Hall–Kier alpha value is -0.620. The lowest BCUT2D eigenvalue weighted by Gasteiger charge is -2.31. The Morgan fingerprint density at radius 1 is 1.09 bits per heavy atom. The number of nitrogens with zero attached hydrogens (tertiary/aromatic N) is 1. The van der Waals surface area contributed by atoms with Crippen molar-refractivity contribution in [3.05, 3.63) is 29.8 Å². The highest BCUT2D eigenvalue weighted by molar-refractivity contribution is 7.89. The van der Waals surface area contributed by atoms with Gasteiger partial charge in [0.1, 0.15) is 0 Å². The van der Waals surface area contributed by atoms with Gasteiger partial charge in [-0.3, -0.25) is 0 Å². The highest BCUT2D eigenvalue weighted by Crippen LogP contribution is 2.28. The summed E-state index contributed by atoms with van der Waals surface area (Å²) in [6, 6.07) is 7.62. The van der Waals surface area contributed by atoms with Crippen LogP contribution in [0.5, 0.6) is 0 Å². The Morgan fingerprint density at radius 3 is 2.23 bits per heavy atom. The topological polar surface area (TPSA) is 49.4 Å². The van der Waals surface area contributed by atoms with Gasteiger partial charge in [0.15, 0.2) is 0 Å². The van der Waals surface area contributed by atoms with Gasteiger partial charge in [-0.05, 0) is 57.2 Å². The predicted molar refractivity (Wildman–Crippen MR) is 90.9 cm³/mol. The van der Waals surface area contributed by atoms with Gasteiger partial charge in [0.05, 0.1) is 4.90 Å². The summed E-state index contributed by atoms with van der Waals surface area (Å²) in [4.78, 5) is 0.414. The summed E-state index contributed by atoms with van der Waals surface area (Å²) < 4.78 is 26.8. The quantitative estimate of drug-likeness (QED) is 0.893. The van der Waals surface area contributed by atoms with Crippen LogP contribution in [-0.2, 0) is 10.0 Å². The van der Waals surface area contributed by atoms with Crippen molar-refractivity contribution in [2.75, 3.05) is 19.6 Å². The molecule has 0 bridgehead atoms. The van der Waals surface area contributed by atoms with Crippen LogP contribution in [0, 0.1) is 12.8 Å². The maximum absolute atomic E-state index is 12.6. The third kappa shape index (κ3) is 4.22. The molecule has 4 nitrogen and oxygen atoms in total. The fourth-order valence-corrected chi connectivity index (χ4v) is 4.28. The van der Waals surface area contributed by atoms with Crippen LogP contribution < -0.4 is 5.32 Å². The largest absolute Gasteiger partial charge is 0.314 e. The Balaban J connectivity index is 0.00000176. The van der Waals surface area contributed by atoms with Crippen molar-refractivity contribution in [3.63, 3.8) is 0 Å². The second-order valence-corrected chi connectivity index (χ2v) is 8.28. The van der Waals surface area contributed by atoms with Gasteiger partial charge in [0, 0.05) is 19.1 Å². The molecule has 124 valence electrons. The van der Waals surface area contributed by atoms with E-state index in [1.807, 2.05) is 19.1 Å². The van der Waals surface area contributed by atoms with E-state index in [4.69, 9.17) is 0 Å². The van der Waals surface area contributed by atoms with Crippen molar-refractivity contribution >= 4 is 22.4 Å². The normalized spacial score (nSPS) is 20.6. The SMILES string of the molecule is Cc1ccc(S(=O)(=O)N2CCC(NCC3CC3)CC2)cc1.Cl. The molecule has 0 unspecified atom stereocenters. The van der Waals surface area contributed by atoms with Crippen molar-refractivity contribution in [3.8, 4) is 0 Å². The number of hydrogen-bond acceptors (Lipinski definition) is 3. The van der Waals surface area contributed by atoms with E-state index >= 15 is 0 Å². The molecule has 0 spiro atoms. The van der Waals surface area contributed by atoms with Crippen molar-refractivity contribution in [1.82, 2.24) is 9.62 Å². The lowest BCUT2D eigenvalue weighted by atomic mass is 10.1. The van der Waals surface area contributed by atoms with Gasteiger partial charge >= 0.3 is 0 Å². The Bertz CT molecular complexity index is 577. The maximum atomic E-state index is 12.6. The molecule has 1 saturated carbocycles. The number of hydrogen-bond donors (Lipinski definition) is 1. The smallest absolute Gasteiger partial charge is 0.243 e. The second kappa shape index (κ2) is 7.30. The molecule has 6 heteroatoms. The number of sulfonamides is 1. The van der Waals surface area contributed by atoms with E-state index in [0.717, 1.165) is 30.9 Å². The van der Waals surface area contributed by atoms with Crippen LogP contribution in [0.2, 0.25) is 0 Å². The molecular formula is C16H25ClN2O2S. The van der Waals surface area contributed by atoms with E-state index in [0.29, 0.717) is 24.0 Å². The number of rotatable bonds is 5. The molecule has 1 heterocycles. The minimum absolute atomic E-state index is 0. The third-order valence-electron chi connectivity index (χ3n) is 4.50. The lowest BCUT2D eigenvalue weighted by Crippen LogP contribution is -2.45. The molecule has 0 amide bonds. The van der Waals surface area contributed by atoms with Gasteiger partial charge in [0.25, 0.3) is 0 Å². The van der Waals surface area contributed by atoms with Gasteiger partial charge < -0.3 is 5.32 Å². The van der Waals surface area contributed by atoms with Crippen molar-refractivity contribution in [1.29, 1.82) is 0 Å². The number of aryl methyl sites for hydroxylation is 1. The summed E-state index contributed by atoms with van der Waals surface area (Å²) in [7, 11) is -3.32. The minimum atomic E-state index is -3.32. The van der Waals surface area contributed by atoms with Gasteiger partial charge in [-0.15, -0.1) is 12.4 Å². The first-order valence-corrected chi connectivity index (χ1v) is 9.30. The Morgan fingerprint density at radius 2 is 1.68 bits per heavy atom. The molecule has 3 rings (SSSR count). The summed E-state index contributed by atoms with van der Waals surface area (Å²) in [6.07, 6.45) is 4.54. The summed E-state index contributed by atoms with van der Waals surface area (Å²) in [5, 5.41) is 3.58. The predicted octanol–water partition coefficient (Wildman–Crippen LogP) is 2.57. The molecule has 1 aliphatic carbocycles. The second-order valence-electron chi connectivity index (χ2n) is 6.34. The molecule has 0 atom stereocenters. The van der Waals surface area contributed by atoms with Gasteiger partial charge in [-0.25, -0.2) is 8.42 Å². The average molecular weight is 345 g/mol. The number of halogens is 1. The highest BCUT2D eigenvalue weighted by atomic mass is 35.5. The summed E-state index contributed by atoms with van der Waals surface area (Å²) in [5.74, 6) is 0.874. The first-order valence-electron chi connectivity index (χ1n) is 7.86. The zero-order chi connectivity index (χ0) is 14.9. The molecule has 2 fully saturated rings. The summed E-state index contributed by atoms with van der Waals surface area (Å²) in [5.41, 5.74) is 1.08. The molecular weight excluding hydrogens is 320 g/mol. The molecule has 0 radical (unpaired) electrons. The lowest BCUT2D eigenvalue weighted by molar-refractivity contribution is 0.288. The minimum Gasteiger partial charge on any atom is -0.314 e. The fraction of sp³-hybridized carbons (Fsp3) is 0.625. The van der Waals surface area contributed by atoms with Gasteiger partial charge in [0.2, 0.25) is 10.0 Å². The molecule has 2 aliphatic rings. The number of nitrogens with one attached hydrogen (secondary N) is 1. The van der Waals surface area contributed by atoms with Crippen LogP contribution in [-0.4, -0.2) is 38.4 Å². The van der Waals surface area contributed by atoms with Crippen molar-refractivity contribution in [2.24, 2.45) is 5.92 Å². The first-order chi connectivity index (χ1) is 10.1. The zero-order valence-corrected chi connectivity index (χ0v) is 14.6. The van der Waals surface area contributed by atoms with E-state index in [2.05, 4.69) is 5.32 Å². The van der Waals surface area contributed by atoms with Crippen molar-refractivity contribution < 1.29 is 8.42 Å². The van der Waals surface area contributed by atoms with E-state index in [-0.39, 0.29) is 12.4 Å². The molecule has 1 aromatic carbocycles. The van der Waals surface area contributed by atoms with Crippen LogP contribution in [0.1, 0.15) is 31.2 Å². The third-order valence-corrected chi connectivity index (χ3v) is 6.42. The Kier molecular flexibility index (Phi) is 5.88. The standard InChI is InChI=1S/C16H24N2O2S.ClH/c1-13-2-6-16(7-3-13)21(19,20)18-10-8-15(9-11-18)17-12-14-4-5-14;/h2-3,6-7,14-15,17H,4-5,8-12H2,1H3;1H. The van der Waals surface area contributed by atoms with Crippen LogP contribution >= 0.6 is 12.4 Å². The first kappa shape index (κ1) is 17.7. The Labute approximate surface area is 139 Å². The summed E-state index contributed by atoms with van der Waals surface area (Å²) in [6.45, 7) is 4.32. The van der Waals surface area contributed by atoms with Crippen molar-refractivity contribution in [2.45, 2.75) is 43.5 Å². The molecule has 0 aromatic heterocycles. The molecule has 22 heavy (non-hydrogen) atoms. The maximum Gasteiger partial charge on any atom is 0.243 e. The fourth-order valence-electron chi connectivity index (χ4n) is 2.81.